The summed E-state index contributed by atoms with van der Waals surface area (Å²) >= 11 is 6.72. The minimum absolute atomic E-state index is 0.118. The van der Waals surface area contributed by atoms with Gasteiger partial charge in [0.25, 0.3) is 0 Å². The number of benzene rings is 1. The molecule has 6 nitrogen and oxygen atoms in total. The molecule has 1 N–H and O–H groups in total. The maximum absolute atomic E-state index is 13.0. The highest BCUT2D eigenvalue weighted by molar-refractivity contribution is 6.35. The Kier molecular flexibility index (Phi) is 5.92. The number of hydrogen-bond donors (Lipinski definition) is 1. The molecule has 36 heavy (non-hydrogen) atoms. The molecule has 1 aliphatic heterocycles. The molecule has 2 aliphatic rings. The summed E-state index contributed by atoms with van der Waals surface area (Å²) in [6.45, 7) is 3.61. The Bertz CT molecular complexity index is 1440. The molecule has 0 bridgehead atoms. The normalized spacial score (nSPS) is 18.1. The fourth-order valence-corrected chi connectivity index (χ4v) is 6.50. The maximum atomic E-state index is 13.0. The number of carbonyl (C=O) groups is 1. The molecular formula is C29H29ClN4O2. The van der Waals surface area contributed by atoms with E-state index in [4.69, 9.17) is 16.6 Å². The number of nitrogens with one attached hydrogen (secondary N) is 1. The second-order valence-electron chi connectivity index (χ2n) is 10.1. The summed E-state index contributed by atoms with van der Waals surface area (Å²) in [5, 5.41) is 13.3. The zero-order valence-corrected chi connectivity index (χ0v) is 21.1. The average Bonchev–Trinajstić information content (AvgIpc) is 3.20. The van der Waals surface area contributed by atoms with Gasteiger partial charge >= 0.3 is 0 Å². The molecule has 0 saturated carbocycles. The number of nitrogens with zero attached hydrogens (tertiary/aromatic N) is 3. The van der Waals surface area contributed by atoms with Gasteiger partial charge in [0, 0.05) is 48.9 Å². The Morgan fingerprint density at radius 1 is 1.19 bits per heavy atom. The molecule has 0 unspecified atom stereocenters. The van der Waals surface area contributed by atoms with Crippen LogP contribution in [-0.2, 0) is 24.1 Å². The van der Waals surface area contributed by atoms with Gasteiger partial charge in [-0.3, -0.25) is 9.78 Å². The number of halogens is 1. The number of amides is 1. The van der Waals surface area contributed by atoms with Crippen LogP contribution in [0.1, 0.15) is 52.3 Å². The van der Waals surface area contributed by atoms with E-state index in [1.54, 1.807) is 12.1 Å². The van der Waals surface area contributed by atoms with Crippen molar-refractivity contribution in [2.24, 2.45) is 5.92 Å². The number of likely N-dealkylation sites (tertiary alicyclic amines) is 1. The number of pyridine rings is 2. The lowest BCUT2D eigenvalue weighted by atomic mass is 9.75. The van der Waals surface area contributed by atoms with Crippen molar-refractivity contribution >= 4 is 28.4 Å². The summed E-state index contributed by atoms with van der Waals surface area (Å²) in [6.07, 6.45) is 10.9. The SMILES string of the molecule is Cc1c[nH]c2c(Cl)cc3c(c12)[C@@H](C1CCN(C(=O)Cc2cc[n+]([O-])cc2)CC1)c1ncccc1CC3. The summed E-state index contributed by atoms with van der Waals surface area (Å²) in [6, 6.07) is 9.85. The number of aromatic nitrogens is 3. The van der Waals surface area contributed by atoms with Gasteiger partial charge in [0.05, 0.1) is 22.7 Å². The number of aromatic amines is 1. The van der Waals surface area contributed by atoms with Crippen molar-refractivity contribution in [1.29, 1.82) is 0 Å². The highest BCUT2D eigenvalue weighted by Crippen LogP contribution is 2.47. The van der Waals surface area contributed by atoms with Crippen LogP contribution in [-0.4, -0.2) is 33.9 Å². The first kappa shape index (κ1) is 23.0. The third-order valence-corrected chi connectivity index (χ3v) is 8.32. The first-order valence-corrected chi connectivity index (χ1v) is 13.1. The second-order valence-corrected chi connectivity index (χ2v) is 10.5. The topological polar surface area (TPSA) is 75.9 Å². The fraction of sp³-hybridized carbons (Fsp3) is 0.345. The Labute approximate surface area is 215 Å². The van der Waals surface area contributed by atoms with Crippen LogP contribution in [0.4, 0.5) is 0 Å². The van der Waals surface area contributed by atoms with Crippen LogP contribution in [0, 0.1) is 18.0 Å². The maximum Gasteiger partial charge on any atom is 0.226 e. The molecule has 3 aromatic heterocycles. The lowest BCUT2D eigenvalue weighted by Gasteiger charge is -2.37. The average molecular weight is 501 g/mol. The lowest BCUT2D eigenvalue weighted by Crippen LogP contribution is -2.41. The van der Waals surface area contributed by atoms with Crippen molar-refractivity contribution in [3.8, 4) is 0 Å². The van der Waals surface area contributed by atoms with Gasteiger partial charge < -0.3 is 15.1 Å². The number of aryl methyl sites for hydroxylation is 3. The van der Waals surface area contributed by atoms with Crippen LogP contribution in [0.5, 0.6) is 0 Å². The van der Waals surface area contributed by atoms with Gasteiger partial charge in [-0.25, -0.2) is 0 Å². The van der Waals surface area contributed by atoms with E-state index in [2.05, 4.69) is 30.2 Å². The van der Waals surface area contributed by atoms with E-state index >= 15 is 0 Å². The molecule has 6 rings (SSSR count). The van der Waals surface area contributed by atoms with Crippen LogP contribution in [0.3, 0.4) is 0 Å². The zero-order valence-electron chi connectivity index (χ0n) is 20.3. The predicted octanol–water partition coefficient (Wildman–Crippen LogP) is 4.87. The van der Waals surface area contributed by atoms with E-state index in [0.717, 1.165) is 59.6 Å². The van der Waals surface area contributed by atoms with Gasteiger partial charge in [0.2, 0.25) is 5.91 Å². The van der Waals surface area contributed by atoms with Crippen molar-refractivity contribution in [3.05, 3.63) is 98.9 Å². The second kappa shape index (κ2) is 9.25. The molecule has 1 aliphatic carbocycles. The molecule has 1 atom stereocenters. The Morgan fingerprint density at radius 2 is 1.94 bits per heavy atom. The van der Waals surface area contributed by atoms with E-state index in [0.29, 0.717) is 12.3 Å². The molecule has 0 spiro atoms. The molecule has 7 heteroatoms. The van der Waals surface area contributed by atoms with Gasteiger partial charge in [0.1, 0.15) is 0 Å². The third kappa shape index (κ3) is 4.03. The number of fused-ring (bicyclic) bond motifs is 4. The first-order valence-electron chi connectivity index (χ1n) is 12.7. The standard InChI is InChI=1S/C29H29ClN4O2/c1-18-17-32-29-23(30)16-22-5-4-21-3-2-10-31-28(21)27(26(22)25(18)29)20-8-11-33(12-9-20)24(35)15-19-6-13-34(36)14-7-19/h2-3,6-7,10,13-14,16-17,20,27,32H,4-5,8-9,11-12,15H2,1H3/t27-/m1/s1. The highest BCUT2D eigenvalue weighted by Gasteiger charge is 2.36. The van der Waals surface area contributed by atoms with Crippen molar-refractivity contribution in [2.45, 2.75) is 44.9 Å². The number of piperidine rings is 1. The third-order valence-electron chi connectivity index (χ3n) is 8.02. The van der Waals surface area contributed by atoms with E-state index < -0.39 is 0 Å². The lowest BCUT2D eigenvalue weighted by molar-refractivity contribution is -0.605. The van der Waals surface area contributed by atoms with Crippen LogP contribution in [0.2, 0.25) is 5.02 Å². The quantitative estimate of drug-likeness (QED) is 0.322. The first-order chi connectivity index (χ1) is 17.5. The summed E-state index contributed by atoms with van der Waals surface area (Å²) in [4.78, 5) is 23.3. The van der Waals surface area contributed by atoms with Gasteiger partial charge in [-0.2, -0.15) is 4.73 Å². The zero-order chi connectivity index (χ0) is 24.8. The van der Waals surface area contributed by atoms with Crippen molar-refractivity contribution in [2.75, 3.05) is 13.1 Å². The summed E-state index contributed by atoms with van der Waals surface area (Å²) in [5.74, 6) is 0.675. The largest absolute Gasteiger partial charge is 0.619 e. The number of H-pyrrole nitrogens is 1. The van der Waals surface area contributed by atoms with Gasteiger partial charge in [-0.15, -0.1) is 0 Å². The number of carbonyl (C=O) groups excluding carboxylic acids is 1. The molecular weight excluding hydrogens is 472 g/mol. The molecule has 1 aromatic carbocycles. The fourth-order valence-electron chi connectivity index (χ4n) is 6.22. The molecule has 4 heterocycles. The van der Waals surface area contributed by atoms with E-state index in [1.807, 2.05) is 17.2 Å². The van der Waals surface area contributed by atoms with Crippen LogP contribution in [0.25, 0.3) is 10.9 Å². The molecule has 1 amide bonds. The minimum atomic E-state index is 0.118. The van der Waals surface area contributed by atoms with Crippen molar-refractivity contribution in [1.82, 2.24) is 14.9 Å². The van der Waals surface area contributed by atoms with Gasteiger partial charge in [0.15, 0.2) is 12.4 Å². The van der Waals surface area contributed by atoms with Crippen LogP contribution in [0.15, 0.2) is 55.1 Å². The van der Waals surface area contributed by atoms with Crippen LogP contribution >= 0.6 is 11.6 Å². The van der Waals surface area contributed by atoms with Crippen molar-refractivity contribution < 1.29 is 9.52 Å². The predicted molar refractivity (Wildman–Crippen MR) is 140 cm³/mol. The van der Waals surface area contributed by atoms with Gasteiger partial charge in [-0.05, 0) is 78.5 Å². The molecule has 1 fully saturated rings. The van der Waals surface area contributed by atoms with Crippen LogP contribution < -0.4 is 4.73 Å². The summed E-state index contributed by atoms with van der Waals surface area (Å²) in [5.41, 5.74) is 8.26. The Morgan fingerprint density at radius 3 is 2.72 bits per heavy atom. The minimum Gasteiger partial charge on any atom is -0.619 e. The number of hydrogen-bond acceptors (Lipinski definition) is 3. The van der Waals surface area contributed by atoms with E-state index in [-0.39, 0.29) is 11.8 Å². The molecule has 4 aromatic rings. The van der Waals surface area contributed by atoms with Gasteiger partial charge in [-0.1, -0.05) is 17.7 Å². The summed E-state index contributed by atoms with van der Waals surface area (Å²) in [7, 11) is 0. The van der Waals surface area contributed by atoms with Crippen molar-refractivity contribution in [3.63, 3.8) is 0 Å². The molecule has 0 radical (unpaired) electrons. The highest BCUT2D eigenvalue weighted by atomic mass is 35.5. The molecule has 184 valence electrons. The molecule has 1 saturated heterocycles. The number of rotatable bonds is 3. The smallest absolute Gasteiger partial charge is 0.226 e. The van der Waals surface area contributed by atoms with E-state index in [9.17, 15) is 10.0 Å². The summed E-state index contributed by atoms with van der Waals surface area (Å²) < 4.78 is 0.742. The Balaban J connectivity index is 1.32. The Hall–Kier alpha value is -3.38. The monoisotopic (exact) mass is 500 g/mol. The van der Waals surface area contributed by atoms with E-state index in [1.165, 1.54) is 45.7 Å².